The summed E-state index contributed by atoms with van der Waals surface area (Å²) in [5.41, 5.74) is 1.31. The highest BCUT2D eigenvalue weighted by Gasteiger charge is 2.31. The molecular formula is C17H27NOS2. The summed E-state index contributed by atoms with van der Waals surface area (Å²) in [5, 5.41) is 5.86. The Morgan fingerprint density at radius 1 is 1.29 bits per heavy atom. The quantitative estimate of drug-likeness (QED) is 0.857. The molecule has 1 aliphatic rings. The Balaban J connectivity index is 2.08. The Bertz CT molecular complexity index is 441. The monoisotopic (exact) mass is 325 g/mol. The highest BCUT2D eigenvalue weighted by molar-refractivity contribution is 8.07. The van der Waals surface area contributed by atoms with Gasteiger partial charge in [-0.3, -0.25) is 0 Å². The summed E-state index contributed by atoms with van der Waals surface area (Å²) in [7, 11) is 1.76. The second kappa shape index (κ2) is 8.35. The summed E-state index contributed by atoms with van der Waals surface area (Å²) in [6.07, 6.45) is 1.04. The first kappa shape index (κ1) is 17.0. The molecule has 1 saturated heterocycles. The Labute approximate surface area is 137 Å². The molecule has 0 spiro atoms. The predicted octanol–water partition coefficient (Wildman–Crippen LogP) is 3.84. The minimum atomic E-state index is 0.513. The summed E-state index contributed by atoms with van der Waals surface area (Å²) >= 11 is 4.27. The zero-order valence-electron chi connectivity index (χ0n) is 13.5. The maximum atomic E-state index is 5.51. The van der Waals surface area contributed by atoms with Crippen molar-refractivity contribution >= 4 is 23.5 Å². The zero-order valence-corrected chi connectivity index (χ0v) is 15.1. The summed E-state index contributed by atoms with van der Waals surface area (Å²) < 4.78 is 5.51. The topological polar surface area (TPSA) is 21.3 Å². The van der Waals surface area contributed by atoms with Crippen LogP contribution in [0.3, 0.4) is 0 Å². The first-order chi connectivity index (χ1) is 10.2. The van der Waals surface area contributed by atoms with E-state index in [1.807, 2.05) is 6.07 Å². The molecule has 0 amide bonds. The van der Waals surface area contributed by atoms with Crippen LogP contribution in [0.4, 0.5) is 0 Å². The lowest BCUT2D eigenvalue weighted by Crippen LogP contribution is -2.44. The van der Waals surface area contributed by atoms with Crippen LogP contribution < -0.4 is 10.1 Å². The lowest BCUT2D eigenvalue weighted by Gasteiger charge is -2.36. The molecule has 1 aliphatic heterocycles. The first-order valence-electron chi connectivity index (χ1n) is 7.78. The van der Waals surface area contributed by atoms with Crippen LogP contribution in [0.2, 0.25) is 0 Å². The highest BCUT2D eigenvalue weighted by Crippen LogP contribution is 2.38. The third kappa shape index (κ3) is 4.57. The number of rotatable bonds is 6. The van der Waals surface area contributed by atoms with E-state index in [1.165, 1.54) is 11.3 Å². The van der Waals surface area contributed by atoms with Gasteiger partial charge < -0.3 is 10.1 Å². The van der Waals surface area contributed by atoms with Crippen LogP contribution in [0.5, 0.6) is 5.75 Å². The summed E-state index contributed by atoms with van der Waals surface area (Å²) in [4.78, 5) is 0. The van der Waals surface area contributed by atoms with E-state index in [1.54, 1.807) is 7.11 Å². The van der Waals surface area contributed by atoms with Crippen LogP contribution in [-0.2, 0) is 6.42 Å². The molecule has 0 aliphatic carbocycles. The van der Waals surface area contributed by atoms with Crippen LogP contribution in [0.1, 0.15) is 26.3 Å². The number of likely N-dealkylation sites (N-methyl/N-ethyl adjacent to an activating group) is 1. The standard InChI is InChI=1S/C17H27NOS2/c1-5-18-15(17-11-20-12(2)13(3)21-17)10-14-8-6-7-9-16(14)19-4/h6-9,12-13,15,17-18H,5,10-11H2,1-4H3. The van der Waals surface area contributed by atoms with Crippen molar-refractivity contribution in [2.75, 3.05) is 19.4 Å². The molecule has 4 heteroatoms. The second-order valence-electron chi connectivity index (χ2n) is 5.60. The van der Waals surface area contributed by atoms with Crippen LogP contribution in [0.25, 0.3) is 0 Å². The average Bonchev–Trinajstić information content (AvgIpc) is 2.50. The fourth-order valence-electron chi connectivity index (χ4n) is 2.72. The van der Waals surface area contributed by atoms with Gasteiger partial charge in [-0.05, 0) is 24.6 Å². The molecule has 118 valence electrons. The number of para-hydroxylation sites is 1. The molecule has 0 aromatic heterocycles. The van der Waals surface area contributed by atoms with Crippen molar-refractivity contribution in [3.63, 3.8) is 0 Å². The number of hydrogen-bond donors (Lipinski definition) is 1. The van der Waals surface area contributed by atoms with Crippen LogP contribution in [-0.4, -0.2) is 41.2 Å². The maximum absolute atomic E-state index is 5.51. The molecule has 4 unspecified atom stereocenters. The van der Waals surface area contributed by atoms with E-state index in [0.717, 1.165) is 29.2 Å². The lowest BCUT2D eigenvalue weighted by atomic mass is 10.0. The lowest BCUT2D eigenvalue weighted by molar-refractivity contribution is 0.405. The molecular weight excluding hydrogens is 298 g/mol. The Kier molecular flexibility index (Phi) is 6.77. The molecule has 2 rings (SSSR count). The van der Waals surface area contributed by atoms with Crippen molar-refractivity contribution in [3.8, 4) is 5.75 Å². The number of thioether (sulfide) groups is 2. The first-order valence-corrected chi connectivity index (χ1v) is 9.77. The van der Waals surface area contributed by atoms with Crippen LogP contribution >= 0.6 is 23.5 Å². The molecule has 0 saturated carbocycles. The summed E-state index contributed by atoms with van der Waals surface area (Å²) in [6.45, 7) is 7.93. The van der Waals surface area contributed by atoms with Crippen molar-refractivity contribution in [2.45, 2.75) is 49.0 Å². The van der Waals surface area contributed by atoms with Gasteiger partial charge in [-0.25, -0.2) is 0 Å². The minimum Gasteiger partial charge on any atom is -0.496 e. The van der Waals surface area contributed by atoms with Gasteiger partial charge in [0.05, 0.1) is 7.11 Å². The van der Waals surface area contributed by atoms with Gasteiger partial charge >= 0.3 is 0 Å². The van der Waals surface area contributed by atoms with E-state index >= 15 is 0 Å². The van der Waals surface area contributed by atoms with E-state index in [4.69, 9.17) is 4.74 Å². The molecule has 1 heterocycles. The normalized spacial score (nSPS) is 27.3. The van der Waals surface area contributed by atoms with Gasteiger partial charge in [0, 0.05) is 27.5 Å². The second-order valence-corrected chi connectivity index (χ2v) is 8.63. The number of nitrogens with one attached hydrogen (secondary N) is 1. The molecule has 1 fully saturated rings. The van der Waals surface area contributed by atoms with Crippen molar-refractivity contribution in [1.29, 1.82) is 0 Å². The molecule has 1 aromatic carbocycles. The zero-order chi connectivity index (χ0) is 15.2. The third-order valence-electron chi connectivity index (χ3n) is 4.12. The van der Waals surface area contributed by atoms with E-state index < -0.39 is 0 Å². The number of hydrogen-bond acceptors (Lipinski definition) is 4. The Morgan fingerprint density at radius 3 is 2.71 bits per heavy atom. The third-order valence-corrected chi connectivity index (χ3v) is 7.67. The highest BCUT2D eigenvalue weighted by atomic mass is 32.2. The van der Waals surface area contributed by atoms with Crippen LogP contribution in [0.15, 0.2) is 24.3 Å². The molecule has 1 N–H and O–H groups in total. The molecule has 21 heavy (non-hydrogen) atoms. The SMILES string of the molecule is CCNC(Cc1ccccc1OC)C1CSC(C)C(C)S1. The largest absolute Gasteiger partial charge is 0.496 e. The van der Waals surface area contributed by atoms with Crippen LogP contribution in [0, 0.1) is 0 Å². The minimum absolute atomic E-state index is 0.513. The average molecular weight is 326 g/mol. The van der Waals surface area contributed by atoms with E-state index in [0.29, 0.717) is 11.3 Å². The summed E-state index contributed by atoms with van der Waals surface area (Å²) in [5.74, 6) is 2.25. The maximum Gasteiger partial charge on any atom is 0.122 e. The molecule has 4 atom stereocenters. The predicted molar refractivity (Wildman–Crippen MR) is 96.9 cm³/mol. The molecule has 2 nitrogen and oxygen atoms in total. The van der Waals surface area contributed by atoms with Gasteiger partial charge in [0.1, 0.15) is 5.75 Å². The van der Waals surface area contributed by atoms with Crippen molar-refractivity contribution < 1.29 is 4.74 Å². The van der Waals surface area contributed by atoms with Gasteiger partial charge in [0.15, 0.2) is 0 Å². The molecule has 0 radical (unpaired) electrons. The van der Waals surface area contributed by atoms with E-state index in [-0.39, 0.29) is 0 Å². The number of benzene rings is 1. The van der Waals surface area contributed by atoms with Gasteiger partial charge in [-0.2, -0.15) is 23.5 Å². The van der Waals surface area contributed by atoms with Gasteiger partial charge in [0.25, 0.3) is 0 Å². The van der Waals surface area contributed by atoms with Crippen molar-refractivity contribution in [3.05, 3.63) is 29.8 Å². The Hall–Kier alpha value is -0.320. The molecule has 0 bridgehead atoms. The van der Waals surface area contributed by atoms with Gasteiger partial charge in [-0.1, -0.05) is 39.0 Å². The van der Waals surface area contributed by atoms with Gasteiger partial charge in [-0.15, -0.1) is 0 Å². The fourth-order valence-corrected chi connectivity index (χ4v) is 5.85. The number of methoxy groups -OCH3 is 1. The van der Waals surface area contributed by atoms with Crippen molar-refractivity contribution in [2.24, 2.45) is 0 Å². The number of ether oxygens (including phenoxy) is 1. The fraction of sp³-hybridized carbons (Fsp3) is 0.647. The van der Waals surface area contributed by atoms with Crippen molar-refractivity contribution in [1.82, 2.24) is 5.32 Å². The molecule has 1 aromatic rings. The van der Waals surface area contributed by atoms with E-state index in [2.05, 4.69) is 67.8 Å². The summed E-state index contributed by atoms with van der Waals surface area (Å²) in [6, 6.07) is 8.91. The van der Waals surface area contributed by atoms with E-state index in [9.17, 15) is 0 Å². The Morgan fingerprint density at radius 2 is 2.05 bits per heavy atom. The smallest absolute Gasteiger partial charge is 0.122 e. The van der Waals surface area contributed by atoms with Gasteiger partial charge in [0.2, 0.25) is 0 Å².